The number of nitrogens with two attached hydrogens (primary N) is 2. The molecule has 5 nitrogen and oxygen atoms in total. The summed E-state index contributed by atoms with van der Waals surface area (Å²) in [7, 11) is 0. The molecule has 0 bridgehead atoms. The molecule has 0 aromatic heterocycles. The van der Waals surface area contributed by atoms with Crippen LogP contribution >= 0.6 is 0 Å². The molecular weight excluding hydrogens is 274 g/mol. The van der Waals surface area contributed by atoms with E-state index in [1.54, 1.807) is 0 Å². The Morgan fingerprint density at radius 3 is 2.09 bits per heavy atom. The first-order chi connectivity index (χ1) is 10.6. The third-order valence-electron chi connectivity index (χ3n) is 3.26. The fourth-order valence-electron chi connectivity index (χ4n) is 2.31. The highest BCUT2D eigenvalue weighted by molar-refractivity contribution is 6.01. The Labute approximate surface area is 133 Å². The van der Waals surface area contributed by atoms with Crippen molar-refractivity contribution in [3.8, 4) is 0 Å². The summed E-state index contributed by atoms with van der Waals surface area (Å²) in [6.07, 6.45) is 5.12. The Balaban J connectivity index is 3.01. The number of anilines is 1. The predicted octanol–water partition coefficient (Wildman–Crippen LogP) is 3.04. The van der Waals surface area contributed by atoms with Gasteiger partial charge in [-0.1, -0.05) is 51.8 Å². The maximum absolute atomic E-state index is 5.99. The molecule has 0 radical (unpaired) electrons. The Bertz CT molecular complexity index is 496. The van der Waals surface area contributed by atoms with Gasteiger partial charge in [0.1, 0.15) is 0 Å². The zero-order valence-corrected chi connectivity index (χ0v) is 14.0. The van der Waals surface area contributed by atoms with E-state index in [0.29, 0.717) is 12.5 Å². The van der Waals surface area contributed by atoms with Crippen molar-refractivity contribution in [1.29, 1.82) is 0 Å². The number of aryl methyl sites for hydroxylation is 2. The molecule has 0 aliphatic heterocycles. The number of hydrogen-bond acceptors (Lipinski definition) is 1. The first kappa shape index (κ1) is 18.0. The standard InChI is InChI=1S/C17H29N5/c1-4-8-13-10-7-11-14(9-5-2)15(13)21-17(19)22-16(18)20-12-6-3/h7,10-11H,4-6,8-9,12H2,1-3H3,(H5,18,19,20,21,22). The van der Waals surface area contributed by atoms with Crippen LogP contribution in [0.2, 0.25) is 0 Å². The second-order valence-electron chi connectivity index (χ2n) is 5.31. The van der Waals surface area contributed by atoms with E-state index in [1.807, 2.05) is 6.92 Å². The second kappa shape index (κ2) is 9.82. The van der Waals surface area contributed by atoms with Gasteiger partial charge in [-0.05, 0) is 30.4 Å². The van der Waals surface area contributed by atoms with Crippen molar-refractivity contribution in [3.05, 3.63) is 29.3 Å². The molecular formula is C17H29N5. The minimum atomic E-state index is 0.219. The molecule has 0 atom stereocenters. The fraction of sp³-hybridized carbons (Fsp3) is 0.529. The maximum atomic E-state index is 5.99. The van der Waals surface area contributed by atoms with Crippen LogP contribution in [0.3, 0.4) is 0 Å². The van der Waals surface area contributed by atoms with Crippen LogP contribution in [0, 0.1) is 0 Å². The molecule has 0 spiro atoms. The number of guanidine groups is 2. The van der Waals surface area contributed by atoms with Gasteiger partial charge in [0.05, 0.1) is 0 Å². The van der Waals surface area contributed by atoms with Gasteiger partial charge >= 0.3 is 0 Å². The minimum absolute atomic E-state index is 0.219. The van der Waals surface area contributed by atoms with Gasteiger partial charge in [-0.25, -0.2) is 0 Å². The van der Waals surface area contributed by atoms with E-state index < -0.39 is 0 Å². The van der Waals surface area contributed by atoms with Gasteiger partial charge in [0.15, 0.2) is 0 Å². The molecule has 122 valence electrons. The zero-order valence-electron chi connectivity index (χ0n) is 14.0. The van der Waals surface area contributed by atoms with Crippen LogP contribution in [0.25, 0.3) is 0 Å². The quantitative estimate of drug-likeness (QED) is 0.534. The van der Waals surface area contributed by atoms with Crippen molar-refractivity contribution in [2.75, 3.05) is 11.9 Å². The van der Waals surface area contributed by atoms with Gasteiger partial charge in [0, 0.05) is 12.2 Å². The zero-order chi connectivity index (χ0) is 16.4. The molecule has 1 rings (SSSR count). The fourth-order valence-corrected chi connectivity index (χ4v) is 2.31. The Morgan fingerprint density at radius 2 is 1.59 bits per heavy atom. The van der Waals surface area contributed by atoms with Crippen molar-refractivity contribution < 1.29 is 0 Å². The summed E-state index contributed by atoms with van der Waals surface area (Å²) >= 11 is 0. The number of aliphatic imine (C=N–C) groups is 2. The molecule has 0 saturated heterocycles. The summed E-state index contributed by atoms with van der Waals surface area (Å²) in [5, 5.41) is 3.22. The number of rotatable bonds is 7. The predicted molar refractivity (Wildman–Crippen MR) is 96.5 cm³/mol. The summed E-state index contributed by atoms with van der Waals surface area (Å²) in [5.41, 5.74) is 15.3. The first-order valence-electron chi connectivity index (χ1n) is 8.14. The van der Waals surface area contributed by atoms with Crippen LogP contribution in [0.5, 0.6) is 0 Å². The van der Waals surface area contributed by atoms with Crippen LogP contribution in [-0.4, -0.2) is 18.5 Å². The van der Waals surface area contributed by atoms with Gasteiger partial charge in [0.2, 0.25) is 11.9 Å². The van der Waals surface area contributed by atoms with Gasteiger partial charge in [-0.2, -0.15) is 4.99 Å². The molecule has 1 aromatic rings. The first-order valence-corrected chi connectivity index (χ1v) is 8.14. The lowest BCUT2D eigenvalue weighted by atomic mass is 10.0. The van der Waals surface area contributed by atoms with Crippen molar-refractivity contribution in [2.24, 2.45) is 21.5 Å². The molecule has 5 heteroatoms. The van der Waals surface area contributed by atoms with E-state index in [2.05, 4.69) is 47.3 Å². The second-order valence-corrected chi connectivity index (χ2v) is 5.31. The highest BCUT2D eigenvalue weighted by atomic mass is 15.2. The lowest BCUT2D eigenvalue weighted by Crippen LogP contribution is -2.27. The molecule has 0 aliphatic rings. The van der Waals surface area contributed by atoms with E-state index in [1.165, 1.54) is 11.1 Å². The van der Waals surface area contributed by atoms with E-state index >= 15 is 0 Å². The van der Waals surface area contributed by atoms with Crippen molar-refractivity contribution in [3.63, 3.8) is 0 Å². The summed E-state index contributed by atoms with van der Waals surface area (Å²) in [5.74, 6) is 0.509. The van der Waals surface area contributed by atoms with Crippen LogP contribution in [-0.2, 0) is 12.8 Å². The number of hydrogen-bond donors (Lipinski definition) is 3. The maximum Gasteiger partial charge on any atom is 0.218 e. The molecule has 0 saturated carbocycles. The Kier molecular flexibility index (Phi) is 8.04. The lowest BCUT2D eigenvalue weighted by molar-refractivity contribution is 0.899. The summed E-state index contributed by atoms with van der Waals surface area (Å²) in [6, 6.07) is 6.37. The molecule has 0 fully saturated rings. The van der Waals surface area contributed by atoms with E-state index in [4.69, 9.17) is 11.5 Å². The monoisotopic (exact) mass is 303 g/mol. The Morgan fingerprint density at radius 1 is 1.00 bits per heavy atom. The van der Waals surface area contributed by atoms with Crippen molar-refractivity contribution in [2.45, 2.75) is 52.9 Å². The third-order valence-corrected chi connectivity index (χ3v) is 3.26. The van der Waals surface area contributed by atoms with Crippen molar-refractivity contribution in [1.82, 2.24) is 0 Å². The third kappa shape index (κ3) is 5.76. The van der Waals surface area contributed by atoms with E-state index in [0.717, 1.165) is 37.8 Å². The summed E-state index contributed by atoms with van der Waals surface area (Å²) in [4.78, 5) is 8.25. The molecule has 5 N–H and O–H groups in total. The molecule has 0 amide bonds. The lowest BCUT2D eigenvalue weighted by Gasteiger charge is -2.16. The van der Waals surface area contributed by atoms with Gasteiger partial charge in [-0.15, -0.1) is 0 Å². The smallest absolute Gasteiger partial charge is 0.218 e. The molecule has 1 aromatic carbocycles. The topological polar surface area (TPSA) is 88.8 Å². The van der Waals surface area contributed by atoms with Crippen LogP contribution in [0.4, 0.5) is 5.69 Å². The highest BCUT2D eigenvalue weighted by Gasteiger charge is 2.08. The number of nitrogens with zero attached hydrogens (tertiary/aromatic N) is 2. The van der Waals surface area contributed by atoms with E-state index in [9.17, 15) is 0 Å². The number of benzene rings is 1. The molecule has 22 heavy (non-hydrogen) atoms. The molecule has 0 unspecified atom stereocenters. The van der Waals surface area contributed by atoms with Gasteiger partial charge in [0.25, 0.3) is 0 Å². The highest BCUT2D eigenvalue weighted by Crippen LogP contribution is 2.23. The normalized spacial score (nSPS) is 12.5. The van der Waals surface area contributed by atoms with Crippen LogP contribution < -0.4 is 16.8 Å². The number of para-hydroxylation sites is 1. The van der Waals surface area contributed by atoms with E-state index in [-0.39, 0.29) is 5.96 Å². The minimum Gasteiger partial charge on any atom is -0.369 e. The van der Waals surface area contributed by atoms with Crippen LogP contribution in [0.15, 0.2) is 28.2 Å². The largest absolute Gasteiger partial charge is 0.369 e. The molecule has 0 aliphatic carbocycles. The van der Waals surface area contributed by atoms with Gasteiger partial charge < -0.3 is 16.8 Å². The molecule has 0 heterocycles. The van der Waals surface area contributed by atoms with Crippen LogP contribution in [0.1, 0.15) is 51.2 Å². The summed E-state index contributed by atoms with van der Waals surface area (Å²) < 4.78 is 0. The summed E-state index contributed by atoms with van der Waals surface area (Å²) in [6.45, 7) is 7.04. The average Bonchev–Trinajstić information content (AvgIpc) is 2.48. The average molecular weight is 303 g/mol. The van der Waals surface area contributed by atoms with Gasteiger partial charge in [-0.3, -0.25) is 4.99 Å². The SMILES string of the molecule is CCCN=C(N)N=C(N)Nc1c(CCC)cccc1CCC. The Hall–Kier alpha value is -2.04. The van der Waals surface area contributed by atoms with Crippen molar-refractivity contribution >= 4 is 17.6 Å². The number of nitrogens with one attached hydrogen (secondary N) is 1.